The molecule has 6 heteroatoms. The third-order valence-corrected chi connectivity index (χ3v) is 4.47. The fourth-order valence-electron chi connectivity index (χ4n) is 2.64. The van der Waals surface area contributed by atoms with E-state index in [0.717, 1.165) is 25.7 Å². The van der Waals surface area contributed by atoms with Gasteiger partial charge in [-0.05, 0) is 43.9 Å². The molecule has 24 heavy (non-hydrogen) atoms. The first-order chi connectivity index (χ1) is 11.5. The summed E-state index contributed by atoms with van der Waals surface area (Å²) in [5.41, 5.74) is 1.09. The SMILES string of the molecule is CC(CN(C(=O)c1cccc(NC(=O)C2CC2)c1)C1CC1)C(=O)O. The van der Waals surface area contributed by atoms with Crippen LogP contribution in [0.15, 0.2) is 24.3 Å². The van der Waals surface area contributed by atoms with Gasteiger partial charge in [0.2, 0.25) is 5.91 Å². The molecule has 0 heterocycles. The Kier molecular flexibility index (Phi) is 4.55. The average molecular weight is 330 g/mol. The standard InChI is InChI=1S/C18H22N2O4/c1-11(18(23)24)10-20(15-7-8-15)17(22)13-3-2-4-14(9-13)19-16(21)12-5-6-12/h2-4,9,11-12,15H,5-8,10H2,1H3,(H,19,21)(H,23,24). The maximum atomic E-state index is 12.8. The predicted octanol–water partition coefficient (Wildman–Crippen LogP) is 2.36. The third kappa shape index (κ3) is 3.93. The van der Waals surface area contributed by atoms with E-state index in [0.29, 0.717) is 11.3 Å². The molecule has 6 nitrogen and oxygen atoms in total. The predicted molar refractivity (Wildman–Crippen MR) is 88.7 cm³/mol. The van der Waals surface area contributed by atoms with E-state index < -0.39 is 11.9 Å². The summed E-state index contributed by atoms with van der Waals surface area (Å²) in [7, 11) is 0. The highest BCUT2D eigenvalue weighted by molar-refractivity contribution is 5.98. The number of rotatable bonds is 7. The summed E-state index contributed by atoms with van der Waals surface area (Å²) in [5.74, 6) is -1.58. The summed E-state index contributed by atoms with van der Waals surface area (Å²) in [6.07, 6.45) is 3.67. The normalized spacial score (nSPS) is 17.9. The number of benzene rings is 1. The second kappa shape index (κ2) is 6.63. The highest BCUT2D eigenvalue weighted by Crippen LogP contribution is 2.31. The lowest BCUT2D eigenvalue weighted by atomic mass is 10.1. The molecule has 0 radical (unpaired) electrons. The van der Waals surface area contributed by atoms with E-state index in [9.17, 15) is 14.4 Å². The molecule has 0 saturated heterocycles. The Morgan fingerprint density at radius 1 is 1.25 bits per heavy atom. The zero-order valence-corrected chi connectivity index (χ0v) is 13.7. The number of carbonyl (C=O) groups excluding carboxylic acids is 2. The number of anilines is 1. The van der Waals surface area contributed by atoms with Crippen molar-refractivity contribution in [3.8, 4) is 0 Å². The Morgan fingerprint density at radius 3 is 2.54 bits per heavy atom. The van der Waals surface area contributed by atoms with Gasteiger partial charge in [0.05, 0.1) is 5.92 Å². The first-order valence-electron chi connectivity index (χ1n) is 8.40. The molecule has 1 aromatic rings. The van der Waals surface area contributed by atoms with Crippen LogP contribution in [0.5, 0.6) is 0 Å². The molecule has 2 N–H and O–H groups in total. The molecule has 1 unspecified atom stereocenters. The Morgan fingerprint density at radius 2 is 1.96 bits per heavy atom. The maximum absolute atomic E-state index is 12.8. The van der Waals surface area contributed by atoms with E-state index in [1.807, 2.05) is 0 Å². The van der Waals surface area contributed by atoms with Crippen molar-refractivity contribution in [2.75, 3.05) is 11.9 Å². The van der Waals surface area contributed by atoms with Gasteiger partial charge in [-0.25, -0.2) is 0 Å². The largest absolute Gasteiger partial charge is 0.481 e. The quantitative estimate of drug-likeness (QED) is 0.803. The number of nitrogens with one attached hydrogen (secondary N) is 1. The first-order valence-corrected chi connectivity index (χ1v) is 8.40. The summed E-state index contributed by atoms with van der Waals surface area (Å²) < 4.78 is 0. The molecule has 1 atom stereocenters. The molecule has 128 valence electrons. The molecule has 0 bridgehead atoms. The zero-order valence-electron chi connectivity index (χ0n) is 13.7. The van der Waals surface area contributed by atoms with Gasteiger partial charge < -0.3 is 15.3 Å². The maximum Gasteiger partial charge on any atom is 0.308 e. The van der Waals surface area contributed by atoms with Gasteiger partial charge >= 0.3 is 5.97 Å². The molecular weight excluding hydrogens is 308 g/mol. The Hall–Kier alpha value is -2.37. The highest BCUT2D eigenvalue weighted by Gasteiger charge is 2.35. The van der Waals surface area contributed by atoms with Crippen molar-refractivity contribution in [3.63, 3.8) is 0 Å². The van der Waals surface area contributed by atoms with Crippen LogP contribution in [0, 0.1) is 11.8 Å². The smallest absolute Gasteiger partial charge is 0.308 e. The molecule has 2 aliphatic rings. The number of amides is 2. The molecule has 3 rings (SSSR count). The Bertz CT molecular complexity index is 665. The van der Waals surface area contributed by atoms with E-state index in [1.165, 1.54) is 0 Å². The fraction of sp³-hybridized carbons (Fsp3) is 0.500. The lowest BCUT2D eigenvalue weighted by Crippen LogP contribution is -2.38. The van der Waals surface area contributed by atoms with E-state index in [2.05, 4.69) is 5.32 Å². The summed E-state index contributed by atoms with van der Waals surface area (Å²) in [5, 5.41) is 11.9. The van der Waals surface area contributed by atoms with Crippen LogP contribution in [0.2, 0.25) is 0 Å². The van der Waals surface area contributed by atoms with E-state index in [4.69, 9.17) is 5.11 Å². The van der Waals surface area contributed by atoms with Crippen molar-refractivity contribution < 1.29 is 19.5 Å². The van der Waals surface area contributed by atoms with Gasteiger partial charge in [0.1, 0.15) is 0 Å². The number of carboxylic acid groups (broad SMARTS) is 1. The van der Waals surface area contributed by atoms with Gasteiger partial charge in [-0.2, -0.15) is 0 Å². The van der Waals surface area contributed by atoms with Crippen molar-refractivity contribution in [1.82, 2.24) is 4.90 Å². The van der Waals surface area contributed by atoms with Crippen LogP contribution in [-0.4, -0.2) is 40.4 Å². The van der Waals surface area contributed by atoms with Crippen LogP contribution < -0.4 is 5.32 Å². The van der Waals surface area contributed by atoms with Crippen LogP contribution in [0.25, 0.3) is 0 Å². The second-order valence-corrected chi connectivity index (χ2v) is 6.77. The van der Waals surface area contributed by atoms with E-state index >= 15 is 0 Å². The van der Waals surface area contributed by atoms with Crippen molar-refractivity contribution >= 4 is 23.5 Å². The van der Waals surface area contributed by atoms with Gasteiger partial charge in [-0.1, -0.05) is 13.0 Å². The number of nitrogens with zero attached hydrogens (tertiary/aromatic N) is 1. The Labute approximate surface area is 140 Å². The molecule has 0 spiro atoms. The lowest BCUT2D eigenvalue weighted by molar-refractivity contribution is -0.141. The van der Waals surface area contributed by atoms with Gasteiger partial charge in [0.15, 0.2) is 0 Å². The van der Waals surface area contributed by atoms with Crippen LogP contribution in [0.1, 0.15) is 43.0 Å². The first kappa shape index (κ1) is 16.5. The van der Waals surface area contributed by atoms with Crippen LogP contribution in [-0.2, 0) is 9.59 Å². The van der Waals surface area contributed by atoms with Crippen LogP contribution in [0.3, 0.4) is 0 Å². The van der Waals surface area contributed by atoms with Crippen molar-refractivity contribution in [2.24, 2.45) is 11.8 Å². The fourth-order valence-corrected chi connectivity index (χ4v) is 2.64. The minimum Gasteiger partial charge on any atom is -0.481 e. The summed E-state index contributed by atoms with van der Waals surface area (Å²) in [4.78, 5) is 37.4. The summed E-state index contributed by atoms with van der Waals surface area (Å²) in [6.45, 7) is 1.81. The second-order valence-electron chi connectivity index (χ2n) is 6.77. The zero-order chi connectivity index (χ0) is 17.3. The lowest BCUT2D eigenvalue weighted by Gasteiger charge is -2.24. The van der Waals surface area contributed by atoms with E-state index in [1.54, 1.807) is 36.1 Å². The number of hydrogen-bond acceptors (Lipinski definition) is 3. The van der Waals surface area contributed by atoms with Gasteiger partial charge in [-0.3, -0.25) is 14.4 Å². The highest BCUT2D eigenvalue weighted by atomic mass is 16.4. The molecule has 2 aliphatic carbocycles. The molecule has 2 fully saturated rings. The molecule has 0 aromatic heterocycles. The number of hydrogen-bond donors (Lipinski definition) is 2. The molecule has 1 aromatic carbocycles. The minimum atomic E-state index is -0.904. The average Bonchev–Trinajstić information content (AvgIpc) is 3.44. The van der Waals surface area contributed by atoms with Gasteiger partial charge in [0.25, 0.3) is 5.91 Å². The number of carboxylic acids is 1. The topological polar surface area (TPSA) is 86.7 Å². The van der Waals surface area contributed by atoms with Gasteiger partial charge in [-0.15, -0.1) is 0 Å². The van der Waals surface area contributed by atoms with Crippen molar-refractivity contribution in [3.05, 3.63) is 29.8 Å². The monoisotopic (exact) mass is 330 g/mol. The number of carbonyl (C=O) groups is 3. The molecule has 2 amide bonds. The van der Waals surface area contributed by atoms with E-state index in [-0.39, 0.29) is 30.3 Å². The molecule has 0 aliphatic heterocycles. The number of aliphatic carboxylic acids is 1. The third-order valence-electron chi connectivity index (χ3n) is 4.47. The summed E-state index contributed by atoms with van der Waals surface area (Å²) >= 11 is 0. The Balaban J connectivity index is 1.72. The van der Waals surface area contributed by atoms with Crippen LogP contribution >= 0.6 is 0 Å². The minimum absolute atomic E-state index is 0.00172. The van der Waals surface area contributed by atoms with Gasteiger partial charge in [0, 0.05) is 29.8 Å². The summed E-state index contributed by atoms with van der Waals surface area (Å²) in [6, 6.07) is 7.00. The van der Waals surface area contributed by atoms with Crippen molar-refractivity contribution in [2.45, 2.75) is 38.6 Å². The van der Waals surface area contributed by atoms with Crippen LogP contribution in [0.4, 0.5) is 5.69 Å². The molecule has 2 saturated carbocycles. The van der Waals surface area contributed by atoms with Crippen molar-refractivity contribution in [1.29, 1.82) is 0 Å². The molecular formula is C18H22N2O4.